The SMILES string of the molecule is COc1cc(C)c(NC(=O)C(=O)O)cc1C(C)(C)C. The molecule has 19 heavy (non-hydrogen) atoms. The monoisotopic (exact) mass is 265 g/mol. The first-order valence-corrected chi connectivity index (χ1v) is 5.90. The maximum atomic E-state index is 11.2. The van der Waals surface area contributed by atoms with E-state index in [-0.39, 0.29) is 5.41 Å². The van der Waals surface area contributed by atoms with Crippen molar-refractivity contribution in [2.45, 2.75) is 33.1 Å². The second kappa shape index (κ2) is 5.30. The van der Waals surface area contributed by atoms with Crippen molar-refractivity contribution in [2.75, 3.05) is 12.4 Å². The normalized spacial score (nSPS) is 11.0. The first-order valence-electron chi connectivity index (χ1n) is 5.90. The first-order chi connectivity index (χ1) is 8.66. The molecule has 2 N–H and O–H groups in total. The van der Waals surface area contributed by atoms with E-state index in [9.17, 15) is 9.59 Å². The van der Waals surface area contributed by atoms with Gasteiger partial charge in [0.05, 0.1) is 7.11 Å². The van der Waals surface area contributed by atoms with Gasteiger partial charge in [0.15, 0.2) is 0 Å². The van der Waals surface area contributed by atoms with Crippen molar-refractivity contribution >= 4 is 17.6 Å². The number of rotatable bonds is 2. The van der Waals surface area contributed by atoms with Crippen LogP contribution in [0.1, 0.15) is 31.9 Å². The second-order valence-corrected chi connectivity index (χ2v) is 5.38. The predicted molar refractivity (Wildman–Crippen MR) is 72.7 cm³/mol. The number of carbonyl (C=O) groups excluding carboxylic acids is 1. The van der Waals surface area contributed by atoms with Crippen LogP contribution >= 0.6 is 0 Å². The summed E-state index contributed by atoms with van der Waals surface area (Å²) in [5.74, 6) is -1.83. The van der Waals surface area contributed by atoms with E-state index >= 15 is 0 Å². The Bertz CT molecular complexity index is 515. The van der Waals surface area contributed by atoms with Gasteiger partial charge in [-0.2, -0.15) is 0 Å². The van der Waals surface area contributed by atoms with Crippen LogP contribution < -0.4 is 10.1 Å². The van der Waals surface area contributed by atoms with Gasteiger partial charge in [-0.15, -0.1) is 0 Å². The minimum atomic E-state index is -1.51. The molecule has 1 aromatic carbocycles. The van der Waals surface area contributed by atoms with Crippen molar-refractivity contribution in [2.24, 2.45) is 0 Å². The molecule has 0 saturated carbocycles. The van der Waals surface area contributed by atoms with Gasteiger partial charge < -0.3 is 15.2 Å². The molecular formula is C14H19NO4. The maximum Gasteiger partial charge on any atom is 0.394 e. The van der Waals surface area contributed by atoms with Crippen LogP contribution in [0.2, 0.25) is 0 Å². The van der Waals surface area contributed by atoms with E-state index < -0.39 is 11.9 Å². The van der Waals surface area contributed by atoms with Gasteiger partial charge in [-0.1, -0.05) is 20.8 Å². The number of hydrogen-bond donors (Lipinski definition) is 2. The lowest BCUT2D eigenvalue weighted by molar-refractivity contribution is -0.147. The first kappa shape index (κ1) is 15.0. The molecule has 0 fully saturated rings. The molecule has 0 radical (unpaired) electrons. The molecule has 1 aromatic rings. The van der Waals surface area contributed by atoms with Gasteiger partial charge in [-0.05, 0) is 30.0 Å². The van der Waals surface area contributed by atoms with Crippen LogP contribution in [-0.2, 0) is 15.0 Å². The van der Waals surface area contributed by atoms with Crippen molar-refractivity contribution < 1.29 is 19.4 Å². The zero-order chi connectivity index (χ0) is 14.8. The number of carboxylic acids is 1. The van der Waals surface area contributed by atoms with E-state index in [1.165, 1.54) is 0 Å². The molecule has 0 atom stereocenters. The van der Waals surface area contributed by atoms with Gasteiger partial charge in [-0.25, -0.2) is 4.79 Å². The Hall–Kier alpha value is -2.04. The number of hydrogen-bond acceptors (Lipinski definition) is 3. The fourth-order valence-corrected chi connectivity index (χ4v) is 1.75. The van der Waals surface area contributed by atoms with Crippen molar-refractivity contribution in [3.63, 3.8) is 0 Å². The van der Waals surface area contributed by atoms with E-state index in [4.69, 9.17) is 9.84 Å². The molecular weight excluding hydrogens is 246 g/mol. The summed E-state index contributed by atoms with van der Waals surface area (Å²) >= 11 is 0. The molecule has 5 heteroatoms. The standard InChI is InChI=1S/C14H19NO4/c1-8-6-11(19-5)9(14(2,3)4)7-10(8)15-12(16)13(17)18/h6-7H,1-5H3,(H,15,16)(H,17,18). The maximum absolute atomic E-state index is 11.2. The fraction of sp³-hybridized carbons (Fsp3) is 0.429. The van der Waals surface area contributed by atoms with Crippen LogP contribution in [0.15, 0.2) is 12.1 Å². The number of benzene rings is 1. The van der Waals surface area contributed by atoms with E-state index in [0.29, 0.717) is 5.69 Å². The molecule has 104 valence electrons. The summed E-state index contributed by atoms with van der Waals surface area (Å²) in [6, 6.07) is 3.55. The number of nitrogens with one attached hydrogen (secondary N) is 1. The molecule has 5 nitrogen and oxygen atoms in total. The summed E-state index contributed by atoms with van der Waals surface area (Å²) in [5.41, 5.74) is 1.96. The number of ether oxygens (including phenoxy) is 1. The number of aryl methyl sites for hydroxylation is 1. The van der Waals surface area contributed by atoms with E-state index in [1.54, 1.807) is 26.2 Å². The third-order valence-corrected chi connectivity index (χ3v) is 2.80. The van der Waals surface area contributed by atoms with Crippen molar-refractivity contribution in [1.82, 2.24) is 0 Å². The van der Waals surface area contributed by atoms with Gasteiger partial charge in [0, 0.05) is 11.3 Å². The third kappa shape index (κ3) is 3.47. The highest BCUT2D eigenvalue weighted by Crippen LogP contribution is 2.35. The summed E-state index contributed by atoms with van der Waals surface area (Å²) in [4.78, 5) is 21.8. The Morgan fingerprint density at radius 2 is 1.84 bits per heavy atom. The summed E-state index contributed by atoms with van der Waals surface area (Å²) in [6.45, 7) is 7.83. The summed E-state index contributed by atoms with van der Waals surface area (Å²) in [6.07, 6.45) is 0. The smallest absolute Gasteiger partial charge is 0.394 e. The lowest BCUT2D eigenvalue weighted by Gasteiger charge is -2.24. The van der Waals surface area contributed by atoms with Gasteiger partial charge in [0.2, 0.25) is 0 Å². The molecule has 0 saturated heterocycles. The van der Waals surface area contributed by atoms with Crippen molar-refractivity contribution in [1.29, 1.82) is 0 Å². The number of methoxy groups -OCH3 is 1. The Balaban J connectivity index is 3.28. The fourth-order valence-electron chi connectivity index (χ4n) is 1.75. The predicted octanol–water partition coefficient (Wildman–Crippen LogP) is 2.32. The Kier molecular flexibility index (Phi) is 4.19. The van der Waals surface area contributed by atoms with E-state index in [2.05, 4.69) is 5.32 Å². The van der Waals surface area contributed by atoms with Gasteiger partial charge in [-0.3, -0.25) is 4.79 Å². The third-order valence-electron chi connectivity index (χ3n) is 2.80. The highest BCUT2D eigenvalue weighted by Gasteiger charge is 2.22. The largest absolute Gasteiger partial charge is 0.496 e. The van der Waals surface area contributed by atoms with Crippen LogP contribution in [0.5, 0.6) is 5.75 Å². The average Bonchev–Trinajstić information content (AvgIpc) is 2.29. The van der Waals surface area contributed by atoms with Crippen LogP contribution in [0, 0.1) is 6.92 Å². The van der Waals surface area contributed by atoms with Crippen LogP contribution in [0.4, 0.5) is 5.69 Å². The molecule has 1 rings (SSSR count). The topological polar surface area (TPSA) is 75.6 Å². The minimum Gasteiger partial charge on any atom is -0.496 e. The number of aliphatic carboxylic acids is 1. The zero-order valence-corrected chi connectivity index (χ0v) is 11.8. The van der Waals surface area contributed by atoms with Gasteiger partial charge >= 0.3 is 11.9 Å². The Morgan fingerprint density at radius 1 is 1.26 bits per heavy atom. The number of carbonyl (C=O) groups is 2. The Morgan fingerprint density at radius 3 is 2.26 bits per heavy atom. The van der Waals surface area contributed by atoms with Crippen molar-refractivity contribution in [3.8, 4) is 5.75 Å². The molecule has 0 aliphatic rings. The summed E-state index contributed by atoms with van der Waals surface area (Å²) in [5, 5.41) is 11.0. The van der Waals surface area contributed by atoms with E-state index in [0.717, 1.165) is 16.9 Å². The Labute approximate surface area is 112 Å². The molecule has 0 aromatic heterocycles. The zero-order valence-electron chi connectivity index (χ0n) is 11.8. The highest BCUT2D eigenvalue weighted by molar-refractivity contribution is 6.36. The lowest BCUT2D eigenvalue weighted by Crippen LogP contribution is -2.23. The molecule has 0 aliphatic carbocycles. The summed E-state index contributed by atoms with van der Waals surface area (Å²) in [7, 11) is 1.58. The quantitative estimate of drug-likeness (QED) is 0.805. The second-order valence-electron chi connectivity index (χ2n) is 5.38. The van der Waals surface area contributed by atoms with Crippen LogP contribution in [-0.4, -0.2) is 24.1 Å². The summed E-state index contributed by atoms with van der Waals surface area (Å²) < 4.78 is 5.33. The van der Waals surface area contributed by atoms with Gasteiger partial charge in [0.1, 0.15) is 5.75 Å². The van der Waals surface area contributed by atoms with Crippen LogP contribution in [0.25, 0.3) is 0 Å². The average molecular weight is 265 g/mol. The van der Waals surface area contributed by atoms with Crippen LogP contribution in [0.3, 0.4) is 0 Å². The molecule has 0 bridgehead atoms. The van der Waals surface area contributed by atoms with E-state index in [1.807, 2.05) is 20.8 Å². The molecule has 0 unspecified atom stereocenters. The number of carboxylic acid groups (broad SMARTS) is 1. The van der Waals surface area contributed by atoms with Crippen molar-refractivity contribution in [3.05, 3.63) is 23.3 Å². The van der Waals surface area contributed by atoms with Gasteiger partial charge in [0.25, 0.3) is 0 Å². The number of amides is 1. The highest BCUT2D eigenvalue weighted by atomic mass is 16.5. The lowest BCUT2D eigenvalue weighted by atomic mass is 9.85. The minimum absolute atomic E-state index is 0.179. The number of anilines is 1. The molecule has 1 amide bonds. The molecule has 0 aliphatic heterocycles. The molecule has 0 spiro atoms. The molecule has 0 heterocycles.